The van der Waals surface area contributed by atoms with Crippen molar-refractivity contribution in [3.63, 3.8) is 0 Å². The second kappa shape index (κ2) is 22.7. The van der Waals surface area contributed by atoms with Gasteiger partial charge in [0, 0.05) is 30.1 Å². The molecule has 53 heavy (non-hydrogen) atoms. The van der Waals surface area contributed by atoms with Gasteiger partial charge in [-0.2, -0.15) is 11.8 Å². The molecule has 296 valence electrons. The van der Waals surface area contributed by atoms with Crippen LogP contribution in [0, 0.1) is 0 Å². The Labute approximate surface area is 314 Å². The number of hydrogen-bond donors (Lipinski definition) is 7. The number of ketones is 4. The van der Waals surface area contributed by atoms with Crippen LogP contribution >= 0.6 is 23.5 Å². The smallest absolute Gasteiger partial charge is 0.375 e. The van der Waals surface area contributed by atoms with E-state index in [1.807, 2.05) is 0 Å². The summed E-state index contributed by atoms with van der Waals surface area (Å²) in [6.45, 7) is 5.51. The Morgan fingerprint density at radius 1 is 0.792 bits per heavy atom. The second-order valence-electron chi connectivity index (χ2n) is 12.0. The minimum absolute atomic E-state index is 0.0111. The van der Waals surface area contributed by atoms with E-state index >= 15 is 0 Å². The van der Waals surface area contributed by atoms with Gasteiger partial charge in [-0.1, -0.05) is 0 Å². The first-order valence-electron chi connectivity index (χ1n) is 16.4. The van der Waals surface area contributed by atoms with Crippen molar-refractivity contribution < 1.29 is 62.5 Å². The highest BCUT2D eigenvalue weighted by atomic mass is 32.2. The van der Waals surface area contributed by atoms with Gasteiger partial charge in [-0.3, -0.25) is 38.4 Å². The minimum atomic E-state index is -2.32. The van der Waals surface area contributed by atoms with Crippen LogP contribution in [-0.2, 0) is 57.4 Å². The molecular formula is C32H48N6O13S2. The number of ether oxygens (including phenoxy) is 2. The monoisotopic (exact) mass is 788 g/mol. The Morgan fingerprint density at radius 3 is 1.66 bits per heavy atom. The highest BCUT2D eigenvalue weighted by Crippen LogP contribution is 2.43. The molecule has 5 unspecified atom stereocenters. The SMILES string of the molecule is CCOC(=O)C1(CSCC(NC(=O)CCC(N)C(C)=O)C(=O)NCC(C)=O)OC(=O)C(O)=C1SCC(NC(=O)CCC(N)C(C)=O)C(=O)NCC(C)=O. The number of carbonyl (C=O) groups excluding carboxylic acids is 10. The lowest BCUT2D eigenvalue weighted by atomic mass is 10.1. The van der Waals surface area contributed by atoms with Crippen LogP contribution in [-0.4, -0.2) is 131 Å². The predicted octanol–water partition coefficient (Wildman–Crippen LogP) is -2.15. The zero-order valence-electron chi connectivity index (χ0n) is 30.2. The van der Waals surface area contributed by atoms with Gasteiger partial charge in [0.15, 0.2) is 0 Å². The summed E-state index contributed by atoms with van der Waals surface area (Å²) >= 11 is 1.43. The average molecular weight is 789 g/mol. The molecular weight excluding hydrogens is 741 g/mol. The summed E-state index contributed by atoms with van der Waals surface area (Å²) in [4.78, 5) is 123. The van der Waals surface area contributed by atoms with E-state index in [0.29, 0.717) is 11.8 Å². The molecule has 0 aliphatic carbocycles. The van der Waals surface area contributed by atoms with E-state index in [1.165, 1.54) is 34.6 Å². The maximum atomic E-state index is 13.5. The topological polar surface area (TPSA) is 310 Å². The van der Waals surface area contributed by atoms with Crippen LogP contribution in [0.3, 0.4) is 0 Å². The molecule has 9 N–H and O–H groups in total. The molecule has 0 aromatic carbocycles. The van der Waals surface area contributed by atoms with Crippen molar-refractivity contribution in [1.29, 1.82) is 0 Å². The fraction of sp³-hybridized carbons (Fsp3) is 0.625. The molecule has 1 heterocycles. The lowest BCUT2D eigenvalue weighted by molar-refractivity contribution is -0.169. The summed E-state index contributed by atoms with van der Waals surface area (Å²) in [5.41, 5.74) is 9.08. The molecule has 0 spiro atoms. The first-order chi connectivity index (χ1) is 24.7. The Morgan fingerprint density at radius 2 is 1.25 bits per heavy atom. The van der Waals surface area contributed by atoms with Gasteiger partial charge >= 0.3 is 11.9 Å². The van der Waals surface area contributed by atoms with Crippen molar-refractivity contribution in [1.82, 2.24) is 21.3 Å². The van der Waals surface area contributed by atoms with Gasteiger partial charge in [0.2, 0.25) is 29.4 Å². The Kier molecular flexibility index (Phi) is 20.0. The fourth-order valence-electron chi connectivity index (χ4n) is 4.29. The van der Waals surface area contributed by atoms with Crippen molar-refractivity contribution in [2.75, 3.05) is 37.0 Å². The normalized spacial score (nSPS) is 17.4. The van der Waals surface area contributed by atoms with Crippen molar-refractivity contribution in [3.05, 3.63) is 10.7 Å². The van der Waals surface area contributed by atoms with Gasteiger partial charge < -0.3 is 47.3 Å². The van der Waals surface area contributed by atoms with Gasteiger partial charge in [0.25, 0.3) is 5.60 Å². The van der Waals surface area contributed by atoms with Gasteiger partial charge in [0.05, 0.1) is 36.7 Å². The number of amides is 4. The van der Waals surface area contributed by atoms with Crippen LogP contribution in [0.1, 0.15) is 60.3 Å². The van der Waals surface area contributed by atoms with Gasteiger partial charge in [0.1, 0.15) is 35.2 Å². The quantitative estimate of drug-likeness (QED) is 0.0485. The standard InChI is InChI=1S/C32H48N6O13S2/c1-6-50-31(49)32(15-52-13-22(28(46)35-11-16(2)39)37-24(43)9-7-20(33)18(4)41)27(26(45)30(48)51-32)53-14-23(29(47)36-12-17(3)40)38-25(44)10-8-21(34)19(5)42/h20-23,45H,6-15,33-34H2,1-5H3,(H,35,46)(H,36,47)(H,37,43)(H,38,44). The van der Waals surface area contributed by atoms with Crippen molar-refractivity contribution in [2.24, 2.45) is 11.5 Å². The Balaban J connectivity index is 3.34. The van der Waals surface area contributed by atoms with E-state index in [0.717, 1.165) is 11.8 Å². The van der Waals surface area contributed by atoms with E-state index in [4.69, 9.17) is 20.9 Å². The number of aliphatic hydroxyl groups excluding tert-OH is 1. The number of esters is 2. The van der Waals surface area contributed by atoms with E-state index in [-0.39, 0.29) is 73.4 Å². The Hall–Kier alpha value is -4.34. The number of Topliss-reactive ketones (excluding diaryl/α,β-unsaturated/α-hetero) is 4. The number of thioether (sulfide) groups is 2. The maximum absolute atomic E-state index is 13.5. The molecule has 0 saturated heterocycles. The molecule has 21 heteroatoms. The first-order valence-corrected chi connectivity index (χ1v) is 18.6. The zero-order chi connectivity index (χ0) is 40.5. The predicted molar refractivity (Wildman–Crippen MR) is 192 cm³/mol. The summed E-state index contributed by atoms with van der Waals surface area (Å²) < 4.78 is 10.6. The molecule has 1 aliphatic rings. The molecule has 4 amide bonds. The average Bonchev–Trinajstić information content (AvgIpc) is 3.33. The zero-order valence-corrected chi connectivity index (χ0v) is 31.8. The lowest BCUT2D eigenvalue weighted by Crippen LogP contribution is -2.51. The fourth-order valence-corrected chi connectivity index (χ4v) is 6.80. The van der Waals surface area contributed by atoms with Crippen molar-refractivity contribution in [3.8, 4) is 0 Å². The molecule has 0 aromatic heterocycles. The maximum Gasteiger partial charge on any atom is 0.375 e. The summed E-state index contributed by atoms with van der Waals surface area (Å²) in [5, 5.41) is 20.5. The molecule has 0 fully saturated rings. The van der Waals surface area contributed by atoms with Crippen LogP contribution in [0.15, 0.2) is 10.7 Å². The number of cyclic esters (lactones) is 1. The highest BCUT2D eigenvalue weighted by molar-refractivity contribution is 8.03. The van der Waals surface area contributed by atoms with Crippen LogP contribution in [0.4, 0.5) is 0 Å². The van der Waals surface area contributed by atoms with Crippen LogP contribution in [0.25, 0.3) is 0 Å². The largest absolute Gasteiger partial charge is 0.501 e. The first kappa shape index (κ1) is 46.7. The highest BCUT2D eigenvalue weighted by Gasteiger charge is 2.56. The molecule has 0 bridgehead atoms. The van der Waals surface area contributed by atoms with Gasteiger partial charge in [-0.05, 0) is 47.5 Å². The summed E-state index contributed by atoms with van der Waals surface area (Å²) in [6, 6.07) is -4.53. The number of nitrogens with two attached hydrogens (primary N) is 2. The third kappa shape index (κ3) is 15.7. The van der Waals surface area contributed by atoms with Crippen LogP contribution in [0.5, 0.6) is 0 Å². The van der Waals surface area contributed by atoms with Crippen molar-refractivity contribution >= 4 is 82.2 Å². The van der Waals surface area contributed by atoms with Crippen LogP contribution in [0.2, 0.25) is 0 Å². The molecule has 1 aliphatic heterocycles. The van der Waals surface area contributed by atoms with E-state index in [1.54, 1.807) is 0 Å². The number of nitrogens with one attached hydrogen (secondary N) is 4. The molecule has 0 saturated carbocycles. The third-order valence-electron chi connectivity index (χ3n) is 7.37. The molecule has 1 rings (SSSR count). The lowest BCUT2D eigenvalue weighted by Gasteiger charge is -2.29. The Bertz CT molecular complexity index is 1470. The second-order valence-corrected chi connectivity index (χ2v) is 14.1. The van der Waals surface area contributed by atoms with Crippen LogP contribution < -0.4 is 32.7 Å². The molecule has 5 atom stereocenters. The van der Waals surface area contributed by atoms with E-state index in [2.05, 4.69) is 21.3 Å². The summed E-state index contributed by atoms with van der Waals surface area (Å²) in [5.74, 6) is -8.98. The summed E-state index contributed by atoms with van der Waals surface area (Å²) in [7, 11) is 0. The minimum Gasteiger partial charge on any atom is -0.501 e. The van der Waals surface area contributed by atoms with E-state index < -0.39 is 88.4 Å². The number of carbonyl (C=O) groups is 10. The third-order valence-corrected chi connectivity index (χ3v) is 9.86. The summed E-state index contributed by atoms with van der Waals surface area (Å²) in [6.07, 6.45) is -0.510. The molecule has 0 aromatic rings. The van der Waals surface area contributed by atoms with Gasteiger partial charge in [-0.15, -0.1) is 11.8 Å². The number of hydrogen-bond acceptors (Lipinski definition) is 17. The van der Waals surface area contributed by atoms with Crippen molar-refractivity contribution in [2.45, 2.75) is 90.1 Å². The molecule has 19 nitrogen and oxygen atoms in total. The van der Waals surface area contributed by atoms with E-state index in [9.17, 15) is 53.1 Å². The van der Waals surface area contributed by atoms with Gasteiger partial charge in [-0.25, -0.2) is 9.59 Å². The number of rotatable bonds is 25. The number of aliphatic hydroxyl groups is 1. The molecule has 0 radical (unpaired) electrons.